The summed E-state index contributed by atoms with van der Waals surface area (Å²) < 4.78 is 37.1. The first-order valence-corrected chi connectivity index (χ1v) is 7.31. The Kier molecular flexibility index (Phi) is 3.80. The summed E-state index contributed by atoms with van der Waals surface area (Å²) in [4.78, 5) is 3.89. The molecule has 0 atom stereocenters. The van der Waals surface area contributed by atoms with Crippen LogP contribution in [0.3, 0.4) is 0 Å². The third kappa shape index (κ3) is 3.29. The van der Waals surface area contributed by atoms with Gasteiger partial charge in [-0.1, -0.05) is 6.07 Å². The Balaban J connectivity index is 2.19. The minimum absolute atomic E-state index is 0.0298. The van der Waals surface area contributed by atoms with Crippen molar-refractivity contribution >= 4 is 15.5 Å². The van der Waals surface area contributed by atoms with E-state index in [1.807, 2.05) is 0 Å². The average molecular weight is 280 g/mol. The minimum Gasteiger partial charge on any atom is -0.398 e. The fourth-order valence-electron chi connectivity index (χ4n) is 1.71. The maximum atomic E-state index is 12.9. The molecule has 0 fully saturated rings. The SMILES string of the molecule is Nc1cc(F)ccc1S(=O)(=O)CCc1cccnc1. The summed E-state index contributed by atoms with van der Waals surface area (Å²) in [5.74, 6) is -0.641. The van der Waals surface area contributed by atoms with Crippen LogP contribution in [0.5, 0.6) is 0 Å². The average Bonchev–Trinajstić information content (AvgIpc) is 2.37. The number of benzene rings is 1. The standard InChI is InChI=1S/C13H13FN2O2S/c14-11-3-4-13(12(15)8-11)19(17,18)7-5-10-2-1-6-16-9-10/h1-4,6,8-9H,5,7,15H2. The molecule has 0 unspecified atom stereocenters. The lowest BCUT2D eigenvalue weighted by molar-refractivity contribution is 0.594. The predicted molar refractivity (Wildman–Crippen MR) is 70.8 cm³/mol. The van der Waals surface area contributed by atoms with Crippen LogP contribution in [0, 0.1) is 5.82 Å². The Labute approximate surface area is 111 Å². The van der Waals surface area contributed by atoms with Gasteiger partial charge in [-0.25, -0.2) is 12.8 Å². The molecular formula is C13H13FN2O2S. The van der Waals surface area contributed by atoms with Crippen molar-refractivity contribution in [1.29, 1.82) is 0 Å². The van der Waals surface area contributed by atoms with Crippen molar-refractivity contribution in [2.75, 3.05) is 11.5 Å². The van der Waals surface area contributed by atoms with Crippen LogP contribution in [-0.4, -0.2) is 19.2 Å². The fraction of sp³-hybridized carbons (Fsp3) is 0.154. The summed E-state index contributed by atoms with van der Waals surface area (Å²) >= 11 is 0. The van der Waals surface area contributed by atoms with Gasteiger partial charge in [-0.2, -0.15) is 0 Å². The lowest BCUT2D eigenvalue weighted by Gasteiger charge is -2.07. The molecule has 0 bridgehead atoms. The third-order valence-corrected chi connectivity index (χ3v) is 4.47. The number of nitrogen functional groups attached to an aromatic ring is 1. The summed E-state index contributed by atoms with van der Waals surface area (Å²) in [7, 11) is -3.53. The van der Waals surface area contributed by atoms with Crippen LogP contribution in [0.25, 0.3) is 0 Å². The lowest BCUT2D eigenvalue weighted by Crippen LogP contribution is -2.11. The molecule has 0 aliphatic heterocycles. The molecule has 0 saturated carbocycles. The molecule has 2 N–H and O–H groups in total. The van der Waals surface area contributed by atoms with Gasteiger partial charge in [-0.15, -0.1) is 0 Å². The van der Waals surface area contributed by atoms with Crippen molar-refractivity contribution < 1.29 is 12.8 Å². The number of aryl methyl sites for hydroxylation is 1. The first kappa shape index (κ1) is 13.5. The van der Waals surface area contributed by atoms with Crippen LogP contribution in [0.4, 0.5) is 10.1 Å². The predicted octanol–water partition coefficient (Wildman–Crippen LogP) is 1.82. The van der Waals surface area contributed by atoms with Crippen LogP contribution in [0.15, 0.2) is 47.6 Å². The van der Waals surface area contributed by atoms with Gasteiger partial charge in [0.1, 0.15) is 5.82 Å². The molecule has 2 rings (SSSR count). The minimum atomic E-state index is -3.53. The molecule has 6 heteroatoms. The Bertz CT molecular complexity index is 672. The number of pyridine rings is 1. The van der Waals surface area contributed by atoms with Crippen molar-refractivity contribution in [3.05, 3.63) is 54.1 Å². The van der Waals surface area contributed by atoms with Crippen LogP contribution in [0.1, 0.15) is 5.56 Å². The number of anilines is 1. The molecule has 0 amide bonds. The number of nitrogens with zero attached hydrogens (tertiary/aromatic N) is 1. The van der Waals surface area contributed by atoms with Gasteiger partial charge in [0.2, 0.25) is 0 Å². The smallest absolute Gasteiger partial charge is 0.180 e. The Hall–Kier alpha value is -1.95. The van der Waals surface area contributed by atoms with E-state index in [1.54, 1.807) is 24.5 Å². The van der Waals surface area contributed by atoms with Gasteiger partial charge < -0.3 is 5.73 Å². The van der Waals surface area contributed by atoms with Gasteiger partial charge in [0.15, 0.2) is 9.84 Å². The second kappa shape index (κ2) is 5.36. The van der Waals surface area contributed by atoms with Crippen LogP contribution in [-0.2, 0) is 16.3 Å². The number of halogens is 1. The highest BCUT2D eigenvalue weighted by Crippen LogP contribution is 2.21. The molecule has 1 aromatic heterocycles. The first-order valence-electron chi connectivity index (χ1n) is 5.66. The molecule has 0 radical (unpaired) electrons. The molecule has 100 valence electrons. The molecule has 2 aromatic rings. The topological polar surface area (TPSA) is 73.1 Å². The van der Waals surface area contributed by atoms with Crippen molar-refractivity contribution in [3.63, 3.8) is 0 Å². The number of sulfone groups is 1. The van der Waals surface area contributed by atoms with Gasteiger partial charge in [0.25, 0.3) is 0 Å². The van der Waals surface area contributed by atoms with Crippen molar-refractivity contribution in [3.8, 4) is 0 Å². The summed E-state index contributed by atoms with van der Waals surface area (Å²) in [6.45, 7) is 0. The molecule has 19 heavy (non-hydrogen) atoms. The highest BCUT2D eigenvalue weighted by molar-refractivity contribution is 7.91. The van der Waals surface area contributed by atoms with Crippen LogP contribution >= 0.6 is 0 Å². The van der Waals surface area contributed by atoms with Gasteiger partial charge in [-0.3, -0.25) is 4.98 Å². The number of hydrogen-bond acceptors (Lipinski definition) is 4. The Morgan fingerprint density at radius 1 is 1.26 bits per heavy atom. The normalized spacial score (nSPS) is 11.4. The van der Waals surface area contributed by atoms with E-state index in [9.17, 15) is 12.8 Å². The van der Waals surface area contributed by atoms with E-state index >= 15 is 0 Å². The maximum Gasteiger partial charge on any atom is 0.180 e. The highest BCUT2D eigenvalue weighted by atomic mass is 32.2. The van der Waals surface area contributed by atoms with E-state index in [0.29, 0.717) is 6.42 Å². The molecule has 0 saturated heterocycles. The summed E-state index contributed by atoms with van der Waals surface area (Å²) in [5, 5.41) is 0. The zero-order valence-electron chi connectivity index (χ0n) is 10.1. The number of hydrogen-bond donors (Lipinski definition) is 1. The monoisotopic (exact) mass is 280 g/mol. The van der Waals surface area contributed by atoms with E-state index in [1.165, 1.54) is 6.07 Å². The maximum absolute atomic E-state index is 12.9. The summed E-state index contributed by atoms with van der Waals surface area (Å²) in [6.07, 6.45) is 3.58. The molecule has 1 heterocycles. The number of rotatable bonds is 4. The van der Waals surface area contributed by atoms with Crippen molar-refractivity contribution in [1.82, 2.24) is 4.98 Å². The van der Waals surface area contributed by atoms with E-state index < -0.39 is 15.7 Å². The van der Waals surface area contributed by atoms with Gasteiger partial charge in [0, 0.05) is 12.4 Å². The zero-order valence-corrected chi connectivity index (χ0v) is 10.9. The number of aromatic nitrogens is 1. The molecule has 1 aromatic carbocycles. The molecule has 0 aliphatic rings. The van der Waals surface area contributed by atoms with E-state index in [-0.39, 0.29) is 16.3 Å². The molecular weight excluding hydrogens is 267 g/mol. The van der Waals surface area contributed by atoms with Gasteiger partial charge in [-0.05, 0) is 36.2 Å². The quantitative estimate of drug-likeness (QED) is 0.685. The van der Waals surface area contributed by atoms with E-state index in [2.05, 4.69) is 4.98 Å². The second-order valence-electron chi connectivity index (χ2n) is 4.11. The molecule has 4 nitrogen and oxygen atoms in total. The van der Waals surface area contributed by atoms with E-state index in [0.717, 1.165) is 17.7 Å². The number of nitrogens with two attached hydrogens (primary N) is 1. The van der Waals surface area contributed by atoms with Gasteiger partial charge >= 0.3 is 0 Å². The molecule has 0 spiro atoms. The Morgan fingerprint density at radius 2 is 2.05 bits per heavy atom. The third-order valence-electron chi connectivity index (χ3n) is 2.69. The fourth-order valence-corrected chi connectivity index (χ4v) is 3.13. The molecule has 0 aliphatic carbocycles. The van der Waals surface area contributed by atoms with Crippen molar-refractivity contribution in [2.45, 2.75) is 11.3 Å². The summed E-state index contributed by atoms with van der Waals surface area (Å²) in [5.41, 5.74) is 6.31. The van der Waals surface area contributed by atoms with Crippen LogP contribution < -0.4 is 5.73 Å². The Morgan fingerprint density at radius 3 is 2.68 bits per heavy atom. The highest BCUT2D eigenvalue weighted by Gasteiger charge is 2.18. The largest absolute Gasteiger partial charge is 0.398 e. The zero-order chi connectivity index (χ0) is 13.9. The van der Waals surface area contributed by atoms with E-state index in [4.69, 9.17) is 5.73 Å². The summed E-state index contributed by atoms with van der Waals surface area (Å²) in [6, 6.07) is 6.85. The second-order valence-corrected chi connectivity index (χ2v) is 6.19. The first-order chi connectivity index (χ1) is 8.99. The van der Waals surface area contributed by atoms with Crippen LogP contribution in [0.2, 0.25) is 0 Å². The lowest BCUT2D eigenvalue weighted by atomic mass is 10.2. The van der Waals surface area contributed by atoms with Gasteiger partial charge in [0.05, 0.1) is 16.3 Å². The van der Waals surface area contributed by atoms with Crippen molar-refractivity contribution in [2.24, 2.45) is 0 Å².